The summed E-state index contributed by atoms with van der Waals surface area (Å²) in [5.41, 5.74) is 2.15. The number of nitrogens with zero attached hydrogens (tertiary/aromatic N) is 1. The molecule has 3 heteroatoms. The molecule has 0 bridgehead atoms. The van der Waals surface area contributed by atoms with Crippen LogP contribution in [0.4, 0.5) is 0 Å². The Kier molecular flexibility index (Phi) is 3.02. The van der Waals surface area contributed by atoms with Gasteiger partial charge in [-0.1, -0.05) is 6.92 Å². The van der Waals surface area contributed by atoms with Gasteiger partial charge in [0.15, 0.2) is 0 Å². The van der Waals surface area contributed by atoms with Crippen molar-refractivity contribution >= 4 is 0 Å². The molecule has 1 aromatic carbocycles. The van der Waals surface area contributed by atoms with Gasteiger partial charge in [0.1, 0.15) is 5.75 Å². The van der Waals surface area contributed by atoms with Gasteiger partial charge in [0.05, 0.1) is 24.8 Å². The zero-order chi connectivity index (χ0) is 10.5. The Morgan fingerprint density at radius 1 is 1.27 bits per heavy atom. The molecule has 0 aliphatic heterocycles. The number of aromatic nitrogens is 2. The van der Waals surface area contributed by atoms with Crippen LogP contribution in [0.3, 0.4) is 0 Å². The summed E-state index contributed by atoms with van der Waals surface area (Å²) in [5, 5.41) is 0. The fourth-order valence-corrected chi connectivity index (χ4v) is 1.36. The summed E-state index contributed by atoms with van der Waals surface area (Å²) in [5.74, 6) is 0.917. The maximum absolute atomic E-state index is 5.50. The van der Waals surface area contributed by atoms with Gasteiger partial charge in [-0.15, -0.1) is 0 Å². The van der Waals surface area contributed by atoms with E-state index in [-0.39, 0.29) is 0 Å². The first-order valence-electron chi connectivity index (χ1n) is 5.12. The normalized spacial score (nSPS) is 10.2. The summed E-state index contributed by atoms with van der Waals surface area (Å²) in [4.78, 5) is 7.05. The van der Waals surface area contributed by atoms with Crippen molar-refractivity contribution in [2.24, 2.45) is 0 Å². The molecule has 0 radical (unpaired) electrons. The zero-order valence-electron chi connectivity index (χ0n) is 8.73. The first-order chi connectivity index (χ1) is 7.40. The predicted octanol–water partition coefficient (Wildman–Crippen LogP) is 2.87. The standard InChI is InChI=1S/C12H14N2O/c1-2-7-15-11-5-3-10(4-6-11)12-8-13-9-14-12/h3-6,8-9H,2,7H2,1H3,(H,13,14). The van der Waals surface area contributed by atoms with Gasteiger partial charge < -0.3 is 9.72 Å². The third-order valence-electron chi connectivity index (χ3n) is 2.14. The Morgan fingerprint density at radius 2 is 2.07 bits per heavy atom. The molecule has 0 saturated carbocycles. The number of H-pyrrole nitrogens is 1. The highest BCUT2D eigenvalue weighted by Crippen LogP contribution is 2.19. The molecule has 2 aromatic rings. The summed E-state index contributed by atoms with van der Waals surface area (Å²) >= 11 is 0. The van der Waals surface area contributed by atoms with Crippen molar-refractivity contribution in [2.45, 2.75) is 13.3 Å². The Balaban J connectivity index is 2.11. The third kappa shape index (κ3) is 2.37. The van der Waals surface area contributed by atoms with Gasteiger partial charge in [-0.2, -0.15) is 0 Å². The molecule has 15 heavy (non-hydrogen) atoms. The van der Waals surface area contributed by atoms with Gasteiger partial charge in [0, 0.05) is 0 Å². The highest BCUT2D eigenvalue weighted by atomic mass is 16.5. The van der Waals surface area contributed by atoms with E-state index in [9.17, 15) is 0 Å². The van der Waals surface area contributed by atoms with Crippen molar-refractivity contribution in [3.63, 3.8) is 0 Å². The van der Waals surface area contributed by atoms with Crippen LogP contribution in [0.25, 0.3) is 11.3 Å². The van der Waals surface area contributed by atoms with Crippen LogP contribution in [0.2, 0.25) is 0 Å². The van der Waals surface area contributed by atoms with Crippen molar-refractivity contribution in [3.05, 3.63) is 36.8 Å². The average molecular weight is 202 g/mol. The number of imidazole rings is 1. The van der Waals surface area contributed by atoms with Gasteiger partial charge in [-0.05, 0) is 36.2 Å². The van der Waals surface area contributed by atoms with Gasteiger partial charge in [-0.3, -0.25) is 0 Å². The number of aromatic amines is 1. The third-order valence-corrected chi connectivity index (χ3v) is 2.14. The summed E-state index contributed by atoms with van der Waals surface area (Å²) < 4.78 is 5.50. The van der Waals surface area contributed by atoms with Gasteiger partial charge in [-0.25, -0.2) is 4.98 Å². The van der Waals surface area contributed by atoms with E-state index in [1.54, 1.807) is 6.33 Å². The molecular formula is C12H14N2O. The zero-order valence-corrected chi connectivity index (χ0v) is 8.73. The molecular weight excluding hydrogens is 188 g/mol. The lowest BCUT2D eigenvalue weighted by Crippen LogP contribution is -1.94. The molecule has 1 aromatic heterocycles. The van der Waals surface area contributed by atoms with Crippen molar-refractivity contribution in [1.82, 2.24) is 9.97 Å². The second-order valence-corrected chi connectivity index (χ2v) is 3.34. The van der Waals surface area contributed by atoms with Crippen molar-refractivity contribution < 1.29 is 4.74 Å². The van der Waals surface area contributed by atoms with Gasteiger partial charge in [0.25, 0.3) is 0 Å². The van der Waals surface area contributed by atoms with Crippen LogP contribution in [0.1, 0.15) is 13.3 Å². The first kappa shape index (κ1) is 9.77. The fourth-order valence-electron chi connectivity index (χ4n) is 1.36. The number of hydrogen-bond donors (Lipinski definition) is 1. The maximum atomic E-state index is 5.50. The molecule has 1 heterocycles. The second kappa shape index (κ2) is 4.64. The molecule has 78 valence electrons. The van der Waals surface area contributed by atoms with Crippen LogP contribution in [0, 0.1) is 0 Å². The van der Waals surface area contributed by atoms with E-state index in [1.807, 2.05) is 30.5 Å². The minimum atomic E-state index is 0.767. The fraction of sp³-hybridized carbons (Fsp3) is 0.250. The molecule has 3 nitrogen and oxygen atoms in total. The molecule has 0 amide bonds. The van der Waals surface area contributed by atoms with Crippen molar-refractivity contribution in [1.29, 1.82) is 0 Å². The van der Waals surface area contributed by atoms with E-state index < -0.39 is 0 Å². The largest absolute Gasteiger partial charge is 0.494 e. The van der Waals surface area contributed by atoms with Crippen LogP contribution in [-0.2, 0) is 0 Å². The van der Waals surface area contributed by atoms with Crippen LogP contribution in [-0.4, -0.2) is 16.6 Å². The lowest BCUT2D eigenvalue weighted by Gasteiger charge is -2.04. The van der Waals surface area contributed by atoms with E-state index >= 15 is 0 Å². The number of hydrogen-bond acceptors (Lipinski definition) is 2. The molecule has 0 spiro atoms. The lowest BCUT2D eigenvalue weighted by atomic mass is 10.2. The maximum Gasteiger partial charge on any atom is 0.119 e. The van der Waals surface area contributed by atoms with Crippen LogP contribution in [0.15, 0.2) is 36.8 Å². The number of rotatable bonds is 4. The summed E-state index contributed by atoms with van der Waals surface area (Å²) in [7, 11) is 0. The first-order valence-corrected chi connectivity index (χ1v) is 5.12. The summed E-state index contributed by atoms with van der Waals surface area (Å²) in [6.07, 6.45) is 4.51. The molecule has 1 N–H and O–H groups in total. The summed E-state index contributed by atoms with van der Waals surface area (Å²) in [6, 6.07) is 8.01. The summed E-state index contributed by atoms with van der Waals surface area (Å²) in [6.45, 7) is 2.86. The molecule has 2 rings (SSSR count). The highest BCUT2D eigenvalue weighted by Gasteiger charge is 1.98. The Hall–Kier alpha value is -1.77. The van der Waals surface area contributed by atoms with Crippen molar-refractivity contribution in [2.75, 3.05) is 6.61 Å². The molecule has 0 aliphatic rings. The number of benzene rings is 1. The van der Waals surface area contributed by atoms with Crippen molar-refractivity contribution in [3.8, 4) is 17.0 Å². The second-order valence-electron chi connectivity index (χ2n) is 3.34. The molecule has 0 unspecified atom stereocenters. The van der Waals surface area contributed by atoms with E-state index in [0.717, 1.165) is 30.0 Å². The Bertz CT molecular complexity index is 392. The topological polar surface area (TPSA) is 37.9 Å². The molecule has 0 aliphatic carbocycles. The molecule has 0 fully saturated rings. The minimum absolute atomic E-state index is 0.767. The van der Waals surface area contributed by atoms with Gasteiger partial charge >= 0.3 is 0 Å². The predicted molar refractivity (Wildman–Crippen MR) is 59.8 cm³/mol. The van der Waals surface area contributed by atoms with Crippen LogP contribution >= 0.6 is 0 Å². The quantitative estimate of drug-likeness (QED) is 0.827. The molecule has 0 atom stereocenters. The van der Waals surface area contributed by atoms with E-state index in [4.69, 9.17) is 4.74 Å². The lowest BCUT2D eigenvalue weighted by molar-refractivity contribution is 0.317. The van der Waals surface area contributed by atoms with Gasteiger partial charge in [0.2, 0.25) is 0 Å². The minimum Gasteiger partial charge on any atom is -0.494 e. The molecule has 0 saturated heterocycles. The average Bonchev–Trinajstić information content (AvgIpc) is 2.80. The van der Waals surface area contributed by atoms with E-state index in [0.29, 0.717) is 0 Å². The monoisotopic (exact) mass is 202 g/mol. The number of ether oxygens (including phenoxy) is 1. The van der Waals surface area contributed by atoms with E-state index in [1.165, 1.54) is 0 Å². The highest BCUT2D eigenvalue weighted by molar-refractivity contribution is 5.58. The Morgan fingerprint density at radius 3 is 2.67 bits per heavy atom. The van der Waals surface area contributed by atoms with Crippen LogP contribution < -0.4 is 4.74 Å². The number of nitrogens with one attached hydrogen (secondary N) is 1. The SMILES string of the molecule is CCCOc1ccc(-c2cnc[nH]2)cc1. The van der Waals surface area contributed by atoms with E-state index in [2.05, 4.69) is 16.9 Å². The smallest absolute Gasteiger partial charge is 0.119 e. The van der Waals surface area contributed by atoms with Crippen LogP contribution in [0.5, 0.6) is 5.75 Å². The Labute approximate surface area is 89.1 Å².